The van der Waals surface area contributed by atoms with Crippen LogP contribution in [-0.4, -0.2) is 10.5 Å². The number of carbonyl (C=O) groups is 1. The number of nitrogens with zero attached hydrogens (tertiary/aromatic N) is 1. The highest BCUT2D eigenvalue weighted by atomic mass is 35.5. The molecule has 0 saturated carbocycles. The van der Waals surface area contributed by atoms with E-state index in [1.165, 1.54) is 29.0 Å². The summed E-state index contributed by atoms with van der Waals surface area (Å²) in [5, 5.41) is 3.21. The number of nitrogens with one attached hydrogen (secondary N) is 1. The van der Waals surface area contributed by atoms with Crippen LogP contribution in [0.5, 0.6) is 0 Å². The molecule has 0 aliphatic carbocycles. The fraction of sp³-hybridized carbons (Fsp3) is 0.0526. The molecule has 0 saturated heterocycles. The highest BCUT2D eigenvalue weighted by molar-refractivity contribution is 6.30. The van der Waals surface area contributed by atoms with Crippen LogP contribution >= 0.6 is 11.6 Å². The van der Waals surface area contributed by atoms with Gasteiger partial charge in [-0.2, -0.15) is 0 Å². The van der Waals surface area contributed by atoms with Crippen molar-refractivity contribution in [1.29, 1.82) is 0 Å². The average molecular weight is 357 g/mol. The van der Waals surface area contributed by atoms with Gasteiger partial charge in [0.25, 0.3) is 11.5 Å². The summed E-state index contributed by atoms with van der Waals surface area (Å²) in [6, 6.07) is 15.7. The standard InChI is InChI=1S/C19H14ClFN2O2/c20-15-5-3-6-16(10-15)22-19(25)14-8-9-18(24)23(12-14)11-13-4-1-2-7-17(13)21/h1-10,12H,11H2,(H,22,25). The van der Waals surface area contributed by atoms with Gasteiger partial charge in [0, 0.05) is 28.5 Å². The Morgan fingerprint density at radius 3 is 2.64 bits per heavy atom. The van der Waals surface area contributed by atoms with E-state index in [1.54, 1.807) is 42.5 Å². The van der Waals surface area contributed by atoms with Crippen LogP contribution in [0.2, 0.25) is 5.02 Å². The Kier molecular flexibility index (Phi) is 4.95. The lowest BCUT2D eigenvalue weighted by Crippen LogP contribution is -2.23. The molecule has 0 aliphatic rings. The Morgan fingerprint density at radius 2 is 1.88 bits per heavy atom. The quantitative estimate of drug-likeness (QED) is 0.769. The zero-order chi connectivity index (χ0) is 17.8. The molecule has 0 aliphatic heterocycles. The second kappa shape index (κ2) is 7.32. The molecule has 0 atom stereocenters. The van der Waals surface area contributed by atoms with Crippen molar-refractivity contribution in [2.24, 2.45) is 0 Å². The SMILES string of the molecule is O=C(Nc1cccc(Cl)c1)c1ccc(=O)n(Cc2ccccc2F)c1. The van der Waals surface area contributed by atoms with Crippen LogP contribution in [-0.2, 0) is 6.54 Å². The third-order valence-corrected chi connectivity index (χ3v) is 3.86. The van der Waals surface area contributed by atoms with Gasteiger partial charge in [0.1, 0.15) is 5.82 Å². The highest BCUT2D eigenvalue weighted by Gasteiger charge is 2.10. The molecule has 0 radical (unpaired) electrons. The highest BCUT2D eigenvalue weighted by Crippen LogP contribution is 2.16. The van der Waals surface area contributed by atoms with Gasteiger partial charge in [-0.25, -0.2) is 4.39 Å². The number of hydrogen-bond donors (Lipinski definition) is 1. The van der Waals surface area contributed by atoms with Crippen molar-refractivity contribution in [3.63, 3.8) is 0 Å². The van der Waals surface area contributed by atoms with Gasteiger partial charge in [0.05, 0.1) is 12.1 Å². The summed E-state index contributed by atoms with van der Waals surface area (Å²) in [6.45, 7) is 0.0454. The van der Waals surface area contributed by atoms with Crippen LogP contribution in [0.25, 0.3) is 0 Å². The second-order valence-corrected chi connectivity index (χ2v) is 5.88. The number of halogens is 2. The number of carbonyl (C=O) groups excluding carboxylic acids is 1. The van der Waals surface area contributed by atoms with Gasteiger partial charge in [0.15, 0.2) is 0 Å². The molecule has 3 aromatic rings. The smallest absolute Gasteiger partial charge is 0.257 e. The number of anilines is 1. The van der Waals surface area contributed by atoms with E-state index in [0.717, 1.165) is 0 Å². The maximum atomic E-state index is 13.8. The Labute approximate surface area is 148 Å². The van der Waals surface area contributed by atoms with Crippen LogP contribution in [0.4, 0.5) is 10.1 Å². The van der Waals surface area contributed by atoms with Gasteiger partial charge < -0.3 is 9.88 Å². The lowest BCUT2D eigenvalue weighted by atomic mass is 10.2. The van der Waals surface area contributed by atoms with Crippen molar-refractivity contribution in [1.82, 2.24) is 4.57 Å². The summed E-state index contributed by atoms with van der Waals surface area (Å²) in [6.07, 6.45) is 1.41. The molecule has 0 bridgehead atoms. The number of rotatable bonds is 4. The molecule has 1 amide bonds. The van der Waals surface area contributed by atoms with Crippen molar-refractivity contribution in [2.45, 2.75) is 6.54 Å². The van der Waals surface area contributed by atoms with Crippen molar-refractivity contribution in [3.8, 4) is 0 Å². The van der Waals surface area contributed by atoms with E-state index in [9.17, 15) is 14.0 Å². The average Bonchev–Trinajstić information content (AvgIpc) is 2.58. The number of aromatic nitrogens is 1. The normalized spacial score (nSPS) is 10.5. The summed E-state index contributed by atoms with van der Waals surface area (Å²) in [4.78, 5) is 24.4. The van der Waals surface area contributed by atoms with Crippen molar-refractivity contribution in [3.05, 3.63) is 99.2 Å². The molecule has 2 aromatic carbocycles. The summed E-state index contributed by atoms with van der Waals surface area (Å²) < 4.78 is 15.1. The number of hydrogen-bond acceptors (Lipinski definition) is 2. The van der Waals surface area contributed by atoms with Gasteiger partial charge in [-0.3, -0.25) is 9.59 Å². The third kappa shape index (κ3) is 4.14. The van der Waals surface area contributed by atoms with E-state index in [0.29, 0.717) is 16.3 Å². The molecule has 4 nitrogen and oxygen atoms in total. The zero-order valence-electron chi connectivity index (χ0n) is 13.1. The van der Waals surface area contributed by atoms with Crippen LogP contribution in [0, 0.1) is 5.82 Å². The van der Waals surface area contributed by atoms with Crippen LogP contribution in [0.3, 0.4) is 0 Å². The molecular weight excluding hydrogens is 343 g/mol. The van der Waals surface area contributed by atoms with E-state index in [1.807, 2.05) is 0 Å². The maximum absolute atomic E-state index is 13.8. The second-order valence-electron chi connectivity index (χ2n) is 5.44. The van der Waals surface area contributed by atoms with E-state index >= 15 is 0 Å². The minimum absolute atomic E-state index is 0.0454. The summed E-state index contributed by atoms with van der Waals surface area (Å²) >= 11 is 5.89. The lowest BCUT2D eigenvalue weighted by Gasteiger charge is -2.10. The van der Waals surface area contributed by atoms with Crippen LogP contribution in [0.15, 0.2) is 71.7 Å². The lowest BCUT2D eigenvalue weighted by molar-refractivity contribution is 0.102. The predicted octanol–water partition coefficient (Wildman–Crippen LogP) is 3.94. The Morgan fingerprint density at radius 1 is 1.08 bits per heavy atom. The first-order valence-electron chi connectivity index (χ1n) is 7.54. The van der Waals surface area contributed by atoms with Gasteiger partial charge in [-0.15, -0.1) is 0 Å². The Hall–Kier alpha value is -2.92. The molecule has 0 fully saturated rings. The van der Waals surface area contributed by atoms with Crippen LogP contribution in [0.1, 0.15) is 15.9 Å². The Balaban J connectivity index is 1.85. The molecule has 6 heteroatoms. The number of benzene rings is 2. The zero-order valence-corrected chi connectivity index (χ0v) is 13.8. The molecule has 1 N–H and O–H groups in total. The molecular formula is C19H14ClFN2O2. The molecule has 25 heavy (non-hydrogen) atoms. The van der Waals surface area contributed by atoms with Crippen molar-refractivity contribution < 1.29 is 9.18 Å². The third-order valence-electron chi connectivity index (χ3n) is 3.63. The van der Waals surface area contributed by atoms with E-state index in [4.69, 9.17) is 11.6 Å². The first-order valence-corrected chi connectivity index (χ1v) is 7.91. The maximum Gasteiger partial charge on any atom is 0.257 e. The minimum atomic E-state index is -0.400. The molecule has 0 unspecified atom stereocenters. The van der Waals surface area contributed by atoms with Crippen molar-refractivity contribution >= 4 is 23.2 Å². The Bertz CT molecular complexity index is 985. The van der Waals surface area contributed by atoms with E-state index in [-0.39, 0.29) is 23.6 Å². The summed E-state index contributed by atoms with van der Waals surface area (Å²) in [5.74, 6) is -0.785. The first-order chi connectivity index (χ1) is 12.0. The van der Waals surface area contributed by atoms with Gasteiger partial charge in [-0.1, -0.05) is 35.9 Å². The number of pyridine rings is 1. The topological polar surface area (TPSA) is 51.1 Å². The monoisotopic (exact) mass is 356 g/mol. The molecule has 1 aromatic heterocycles. The van der Waals surface area contributed by atoms with Crippen molar-refractivity contribution in [2.75, 3.05) is 5.32 Å². The van der Waals surface area contributed by atoms with Crippen LogP contribution < -0.4 is 10.9 Å². The van der Waals surface area contributed by atoms with E-state index in [2.05, 4.69) is 5.32 Å². The summed E-state index contributed by atoms with van der Waals surface area (Å²) in [5.41, 5.74) is 0.889. The molecule has 1 heterocycles. The fourth-order valence-corrected chi connectivity index (χ4v) is 2.56. The fourth-order valence-electron chi connectivity index (χ4n) is 2.37. The molecule has 3 rings (SSSR count). The van der Waals surface area contributed by atoms with Gasteiger partial charge in [-0.05, 0) is 30.3 Å². The minimum Gasteiger partial charge on any atom is -0.322 e. The van der Waals surface area contributed by atoms with Gasteiger partial charge in [0.2, 0.25) is 0 Å². The van der Waals surface area contributed by atoms with Gasteiger partial charge >= 0.3 is 0 Å². The molecule has 0 spiro atoms. The number of amides is 1. The molecule has 126 valence electrons. The first kappa shape index (κ1) is 16.9. The predicted molar refractivity (Wildman–Crippen MR) is 95.6 cm³/mol. The van der Waals surface area contributed by atoms with E-state index < -0.39 is 5.82 Å². The largest absolute Gasteiger partial charge is 0.322 e. The summed E-state index contributed by atoms with van der Waals surface area (Å²) in [7, 11) is 0.